The molecule has 1 heterocycles. The van der Waals surface area contributed by atoms with E-state index in [-0.39, 0.29) is 36.9 Å². The van der Waals surface area contributed by atoms with Crippen LogP contribution in [-0.4, -0.2) is 44.0 Å². The van der Waals surface area contributed by atoms with Crippen LogP contribution in [0.5, 0.6) is 5.75 Å². The van der Waals surface area contributed by atoms with Gasteiger partial charge >= 0.3 is 0 Å². The van der Waals surface area contributed by atoms with E-state index in [1.165, 1.54) is 29.8 Å². The van der Waals surface area contributed by atoms with Crippen molar-refractivity contribution in [3.05, 3.63) is 46.2 Å². The van der Waals surface area contributed by atoms with Crippen LogP contribution < -0.4 is 20.3 Å². The lowest BCUT2D eigenvalue weighted by atomic mass is 9.95. The summed E-state index contributed by atoms with van der Waals surface area (Å²) >= 11 is 1.30. The van der Waals surface area contributed by atoms with Crippen molar-refractivity contribution in [3.63, 3.8) is 0 Å². The summed E-state index contributed by atoms with van der Waals surface area (Å²) in [6, 6.07) is 9.09. The number of methoxy groups -OCH3 is 1. The third-order valence-electron chi connectivity index (χ3n) is 5.34. The van der Waals surface area contributed by atoms with E-state index in [1.807, 2.05) is 19.1 Å². The second kappa shape index (κ2) is 10.9. The minimum atomic E-state index is -0.382. The molecule has 166 valence electrons. The largest absolute Gasteiger partial charge is 0.495 e. The average Bonchev–Trinajstić information content (AvgIpc) is 3.31. The van der Waals surface area contributed by atoms with Crippen molar-refractivity contribution in [1.29, 1.82) is 0 Å². The fourth-order valence-corrected chi connectivity index (χ4v) is 4.37. The zero-order valence-corrected chi connectivity index (χ0v) is 18.8. The zero-order chi connectivity index (χ0) is 22.2. The Hall–Kier alpha value is -2.87. The van der Waals surface area contributed by atoms with E-state index in [9.17, 15) is 14.4 Å². The Balaban J connectivity index is 1.74. The summed E-state index contributed by atoms with van der Waals surface area (Å²) in [6.45, 7) is 1.56. The van der Waals surface area contributed by atoms with E-state index < -0.39 is 0 Å². The van der Waals surface area contributed by atoms with E-state index in [4.69, 9.17) is 4.74 Å². The Kier molecular flexibility index (Phi) is 8.06. The fraction of sp³-hybridized carbons (Fsp3) is 0.435. The fourth-order valence-electron chi connectivity index (χ4n) is 3.73. The van der Waals surface area contributed by atoms with Gasteiger partial charge in [0.2, 0.25) is 11.8 Å². The third-order valence-corrected chi connectivity index (χ3v) is 6.21. The molecule has 1 aromatic heterocycles. The van der Waals surface area contributed by atoms with Crippen LogP contribution in [0.15, 0.2) is 35.7 Å². The number of aryl methyl sites for hydroxylation is 1. The molecule has 2 aromatic rings. The highest BCUT2D eigenvalue weighted by Crippen LogP contribution is 2.29. The zero-order valence-electron chi connectivity index (χ0n) is 18.0. The van der Waals surface area contributed by atoms with Gasteiger partial charge < -0.3 is 15.4 Å². The van der Waals surface area contributed by atoms with Crippen LogP contribution in [0.2, 0.25) is 0 Å². The minimum absolute atomic E-state index is 0.135. The Morgan fingerprint density at radius 2 is 1.94 bits per heavy atom. The van der Waals surface area contributed by atoms with Crippen molar-refractivity contribution < 1.29 is 19.1 Å². The monoisotopic (exact) mass is 443 g/mol. The molecule has 1 aliphatic rings. The van der Waals surface area contributed by atoms with Gasteiger partial charge in [-0.2, -0.15) is 0 Å². The SMILES string of the molecule is COc1ccc(C)cc1N(CC(=O)NC1CCCCC1)C(=O)CNC(=O)c1cccs1. The molecule has 31 heavy (non-hydrogen) atoms. The first kappa shape index (κ1) is 22.8. The van der Waals surface area contributed by atoms with Gasteiger partial charge in [0.15, 0.2) is 0 Å². The van der Waals surface area contributed by atoms with E-state index in [2.05, 4.69) is 10.6 Å². The third kappa shape index (κ3) is 6.30. The van der Waals surface area contributed by atoms with Gasteiger partial charge in [-0.25, -0.2) is 0 Å². The number of anilines is 1. The van der Waals surface area contributed by atoms with E-state index in [0.717, 1.165) is 31.2 Å². The maximum atomic E-state index is 13.1. The molecule has 0 bridgehead atoms. The normalized spacial score (nSPS) is 14.0. The number of carbonyl (C=O) groups is 3. The molecule has 2 N–H and O–H groups in total. The quantitative estimate of drug-likeness (QED) is 0.655. The molecule has 0 aliphatic heterocycles. The summed E-state index contributed by atoms with van der Waals surface area (Å²) in [6.07, 6.45) is 5.33. The standard InChI is InChI=1S/C23H29N3O4S/c1-16-10-11-19(30-2)18(13-16)26(15-21(27)25-17-7-4-3-5-8-17)22(28)14-24-23(29)20-9-6-12-31-20/h6,9-13,17H,3-5,7-8,14-15H2,1-2H3,(H,24,29)(H,25,27). The van der Waals surface area contributed by atoms with Crippen LogP contribution in [0.25, 0.3) is 0 Å². The lowest BCUT2D eigenvalue weighted by molar-refractivity contribution is -0.124. The molecule has 7 nitrogen and oxygen atoms in total. The number of ether oxygens (including phenoxy) is 1. The highest BCUT2D eigenvalue weighted by atomic mass is 32.1. The molecule has 1 saturated carbocycles. The molecule has 0 saturated heterocycles. The molecular formula is C23H29N3O4S. The number of amides is 3. The van der Waals surface area contributed by atoms with Gasteiger partial charge in [-0.05, 0) is 48.9 Å². The Morgan fingerprint density at radius 1 is 1.16 bits per heavy atom. The summed E-state index contributed by atoms with van der Waals surface area (Å²) < 4.78 is 5.44. The minimum Gasteiger partial charge on any atom is -0.495 e. The first-order chi connectivity index (χ1) is 15.0. The van der Waals surface area contributed by atoms with Gasteiger partial charge in [0, 0.05) is 6.04 Å². The molecule has 1 aromatic carbocycles. The number of rotatable bonds is 8. The topological polar surface area (TPSA) is 87.7 Å². The number of hydrogen-bond acceptors (Lipinski definition) is 5. The highest BCUT2D eigenvalue weighted by Gasteiger charge is 2.25. The second-order valence-electron chi connectivity index (χ2n) is 7.72. The number of benzene rings is 1. The lowest BCUT2D eigenvalue weighted by Crippen LogP contribution is -2.47. The molecule has 1 fully saturated rings. The number of nitrogens with one attached hydrogen (secondary N) is 2. The number of hydrogen-bond donors (Lipinski definition) is 2. The number of carbonyl (C=O) groups excluding carboxylic acids is 3. The van der Waals surface area contributed by atoms with Gasteiger partial charge in [0.25, 0.3) is 5.91 Å². The molecule has 0 radical (unpaired) electrons. The molecular weight excluding hydrogens is 414 g/mol. The van der Waals surface area contributed by atoms with Crippen LogP contribution in [-0.2, 0) is 9.59 Å². The smallest absolute Gasteiger partial charge is 0.261 e. The van der Waals surface area contributed by atoms with Crippen LogP contribution in [0.4, 0.5) is 5.69 Å². The summed E-state index contributed by atoms with van der Waals surface area (Å²) in [5, 5.41) is 7.51. The van der Waals surface area contributed by atoms with Crippen molar-refractivity contribution in [2.24, 2.45) is 0 Å². The van der Waals surface area contributed by atoms with Crippen molar-refractivity contribution in [2.45, 2.75) is 45.1 Å². The van der Waals surface area contributed by atoms with Crippen LogP contribution in [0.3, 0.4) is 0 Å². The molecule has 1 aliphatic carbocycles. The van der Waals surface area contributed by atoms with Crippen LogP contribution in [0.1, 0.15) is 47.3 Å². The highest BCUT2D eigenvalue weighted by molar-refractivity contribution is 7.12. The maximum Gasteiger partial charge on any atom is 0.261 e. The van der Waals surface area contributed by atoms with E-state index >= 15 is 0 Å². The Morgan fingerprint density at radius 3 is 2.61 bits per heavy atom. The molecule has 0 atom stereocenters. The summed E-state index contributed by atoms with van der Waals surface area (Å²) in [5.74, 6) is -0.416. The molecule has 3 rings (SSSR count). The average molecular weight is 444 g/mol. The van der Waals surface area contributed by atoms with Crippen molar-refractivity contribution in [3.8, 4) is 5.75 Å². The van der Waals surface area contributed by atoms with Gasteiger partial charge in [-0.1, -0.05) is 31.4 Å². The van der Waals surface area contributed by atoms with Gasteiger partial charge in [0.1, 0.15) is 12.3 Å². The number of nitrogens with zero attached hydrogens (tertiary/aromatic N) is 1. The van der Waals surface area contributed by atoms with Gasteiger partial charge in [0.05, 0.1) is 24.2 Å². The van der Waals surface area contributed by atoms with Crippen molar-refractivity contribution in [2.75, 3.05) is 25.1 Å². The predicted molar refractivity (Wildman–Crippen MR) is 122 cm³/mol. The van der Waals surface area contributed by atoms with Gasteiger partial charge in [-0.15, -0.1) is 11.3 Å². The van der Waals surface area contributed by atoms with Crippen LogP contribution >= 0.6 is 11.3 Å². The van der Waals surface area contributed by atoms with Crippen LogP contribution in [0, 0.1) is 6.92 Å². The summed E-state index contributed by atoms with van der Waals surface area (Å²) in [5.41, 5.74) is 1.44. The Bertz CT molecular complexity index is 908. The van der Waals surface area contributed by atoms with E-state index in [1.54, 1.807) is 23.6 Å². The number of thiophene rings is 1. The first-order valence-electron chi connectivity index (χ1n) is 10.5. The lowest BCUT2D eigenvalue weighted by Gasteiger charge is -2.27. The molecule has 0 unspecified atom stereocenters. The van der Waals surface area contributed by atoms with Gasteiger partial charge in [-0.3, -0.25) is 19.3 Å². The van der Waals surface area contributed by atoms with Crippen molar-refractivity contribution >= 4 is 34.7 Å². The summed E-state index contributed by atoms with van der Waals surface area (Å²) in [4.78, 5) is 40.1. The van der Waals surface area contributed by atoms with E-state index in [0.29, 0.717) is 16.3 Å². The molecule has 8 heteroatoms. The van der Waals surface area contributed by atoms with Crippen molar-refractivity contribution in [1.82, 2.24) is 10.6 Å². The molecule has 0 spiro atoms. The second-order valence-corrected chi connectivity index (χ2v) is 8.67. The predicted octanol–water partition coefficient (Wildman–Crippen LogP) is 3.28. The Labute approximate surface area is 186 Å². The summed E-state index contributed by atoms with van der Waals surface area (Å²) in [7, 11) is 1.53. The first-order valence-corrected chi connectivity index (χ1v) is 11.4. The molecule has 3 amide bonds. The maximum absolute atomic E-state index is 13.1.